The van der Waals surface area contributed by atoms with E-state index in [9.17, 15) is 4.79 Å². The molecule has 0 unspecified atom stereocenters. The number of methoxy groups -OCH3 is 1. The SMILES string of the molecule is COc1cccc(CC(=O)NCc2ccccc2Cn2cccn2)c1. The van der Waals surface area contributed by atoms with E-state index >= 15 is 0 Å². The quantitative estimate of drug-likeness (QED) is 0.722. The maximum absolute atomic E-state index is 12.2. The highest BCUT2D eigenvalue weighted by atomic mass is 16.5. The predicted molar refractivity (Wildman–Crippen MR) is 96.3 cm³/mol. The van der Waals surface area contributed by atoms with Crippen LogP contribution in [-0.4, -0.2) is 22.8 Å². The summed E-state index contributed by atoms with van der Waals surface area (Å²) < 4.78 is 7.06. The molecule has 128 valence electrons. The van der Waals surface area contributed by atoms with Crippen LogP contribution in [0.3, 0.4) is 0 Å². The van der Waals surface area contributed by atoms with E-state index in [0.29, 0.717) is 19.5 Å². The van der Waals surface area contributed by atoms with Crippen LogP contribution in [0.5, 0.6) is 5.75 Å². The predicted octanol–water partition coefficient (Wildman–Crippen LogP) is 2.80. The number of amides is 1. The Hall–Kier alpha value is -3.08. The van der Waals surface area contributed by atoms with Gasteiger partial charge < -0.3 is 10.1 Å². The Balaban J connectivity index is 1.60. The molecular formula is C20H21N3O2. The maximum atomic E-state index is 12.2. The second-order valence-corrected chi connectivity index (χ2v) is 5.78. The topological polar surface area (TPSA) is 56.1 Å². The van der Waals surface area contributed by atoms with E-state index < -0.39 is 0 Å². The zero-order valence-electron chi connectivity index (χ0n) is 14.2. The summed E-state index contributed by atoms with van der Waals surface area (Å²) in [4.78, 5) is 12.2. The van der Waals surface area contributed by atoms with E-state index in [0.717, 1.165) is 22.4 Å². The Labute approximate surface area is 147 Å². The van der Waals surface area contributed by atoms with Crippen LogP contribution in [-0.2, 0) is 24.3 Å². The Kier molecular flexibility index (Phi) is 5.46. The van der Waals surface area contributed by atoms with Crippen molar-refractivity contribution in [1.29, 1.82) is 0 Å². The summed E-state index contributed by atoms with van der Waals surface area (Å²) in [6, 6.07) is 17.5. The third kappa shape index (κ3) is 4.70. The number of carbonyl (C=O) groups is 1. The largest absolute Gasteiger partial charge is 0.497 e. The number of ether oxygens (including phenoxy) is 1. The van der Waals surface area contributed by atoms with Crippen molar-refractivity contribution < 1.29 is 9.53 Å². The number of nitrogens with one attached hydrogen (secondary N) is 1. The first-order valence-electron chi connectivity index (χ1n) is 8.18. The molecule has 0 aliphatic rings. The molecule has 0 radical (unpaired) electrons. The van der Waals surface area contributed by atoms with Gasteiger partial charge in [0.2, 0.25) is 5.91 Å². The third-order valence-electron chi connectivity index (χ3n) is 3.98. The van der Waals surface area contributed by atoms with Crippen LogP contribution < -0.4 is 10.1 Å². The zero-order chi connectivity index (χ0) is 17.5. The molecule has 0 spiro atoms. The van der Waals surface area contributed by atoms with Crippen LogP contribution in [0.4, 0.5) is 0 Å². The van der Waals surface area contributed by atoms with Crippen LogP contribution in [0.1, 0.15) is 16.7 Å². The average Bonchev–Trinajstić information content (AvgIpc) is 3.14. The second kappa shape index (κ2) is 8.15. The van der Waals surface area contributed by atoms with Crippen LogP contribution in [0.25, 0.3) is 0 Å². The van der Waals surface area contributed by atoms with E-state index in [2.05, 4.69) is 16.5 Å². The average molecular weight is 335 g/mol. The lowest BCUT2D eigenvalue weighted by Gasteiger charge is -2.11. The van der Waals surface area contributed by atoms with Crippen molar-refractivity contribution in [3.63, 3.8) is 0 Å². The lowest BCUT2D eigenvalue weighted by Crippen LogP contribution is -2.25. The molecule has 0 atom stereocenters. The van der Waals surface area contributed by atoms with Crippen molar-refractivity contribution in [2.45, 2.75) is 19.5 Å². The van der Waals surface area contributed by atoms with Gasteiger partial charge >= 0.3 is 0 Å². The Morgan fingerprint density at radius 1 is 1.12 bits per heavy atom. The molecule has 0 saturated carbocycles. The van der Waals surface area contributed by atoms with E-state index in [1.54, 1.807) is 13.3 Å². The van der Waals surface area contributed by atoms with Gasteiger partial charge in [-0.1, -0.05) is 36.4 Å². The van der Waals surface area contributed by atoms with Gasteiger partial charge in [-0.15, -0.1) is 0 Å². The molecule has 0 aliphatic heterocycles. The normalized spacial score (nSPS) is 10.4. The molecule has 0 saturated heterocycles. The molecule has 1 N–H and O–H groups in total. The fraction of sp³-hybridized carbons (Fsp3) is 0.200. The number of nitrogens with zero attached hydrogens (tertiary/aromatic N) is 2. The zero-order valence-corrected chi connectivity index (χ0v) is 14.2. The fourth-order valence-corrected chi connectivity index (χ4v) is 2.68. The van der Waals surface area contributed by atoms with E-state index in [4.69, 9.17) is 4.74 Å². The van der Waals surface area contributed by atoms with E-state index in [-0.39, 0.29) is 5.91 Å². The summed E-state index contributed by atoms with van der Waals surface area (Å²) in [6.07, 6.45) is 4.02. The van der Waals surface area contributed by atoms with Gasteiger partial charge in [-0.25, -0.2) is 0 Å². The molecule has 3 aromatic rings. The summed E-state index contributed by atoms with van der Waals surface area (Å²) >= 11 is 0. The van der Waals surface area contributed by atoms with Crippen molar-refractivity contribution >= 4 is 5.91 Å². The maximum Gasteiger partial charge on any atom is 0.224 e. The van der Waals surface area contributed by atoms with Gasteiger partial charge in [-0.3, -0.25) is 9.48 Å². The Morgan fingerprint density at radius 2 is 1.96 bits per heavy atom. The van der Waals surface area contributed by atoms with Gasteiger partial charge in [-0.05, 0) is 34.9 Å². The van der Waals surface area contributed by atoms with Crippen molar-refractivity contribution in [2.75, 3.05) is 7.11 Å². The molecule has 1 amide bonds. The molecule has 0 bridgehead atoms. The van der Waals surface area contributed by atoms with Gasteiger partial charge in [0.05, 0.1) is 20.1 Å². The highest BCUT2D eigenvalue weighted by molar-refractivity contribution is 5.78. The Bertz CT molecular complexity index is 828. The minimum Gasteiger partial charge on any atom is -0.497 e. The monoisotopic (exact) mass is 335 g/mol. The minimum absolute atomic E-state index is 0.0119. The molecule has 2 aromatic carbocycles. The molecule has 5 heteroatoms. The number of rotatable bonds is 7. The summed E-state index contributed by atoms with van der Waals surface area (Å²) in [7, 11) is 1.62. The van der Waals surface area contributed by atoms with Crippen LogP contribution in [0.2, 0.25) is 0 Å². The number of aromatic nitrogens is 2. The first kappa shape index (κ1) is 16.8. The van der Waals surface area contributed by atoms with Gasteiger partial charge in [0.15, 0.2) is 0 Å². The highest BCUT2D eigenvalue weighted by Crippen LogP contribution is 2.13. The van der Waals surface area contributed by atoms with Crippen molar-refractivity contribution in [2.24, 2.45) is 0 Å². The minimum atomic E-state index is -0.0119. The number of benzene rings is 2. The molecule has 25 heavy (non-hydrogen) atoms. The second-order valence-electron chi connectivity index (χ2n) is 5.78. The number of hydrogen-bond donors (Lipinski definition) is 1. The molecule has 0 fully saturated rings. The highest BCUT2D eigenvalue weighted by Gasteiger charge is 2.07. The molecular weight excluding hydrogens is 314 g/mol. The number of carbonyl (C=O) groups excluding carboxylic acids is 1. The first-order chi connectivity index (χ1) is 12.2. The van der Waals surface area contributed by atoms with Gasteiger partial charge in [0.25, 0.3) is 0 Å². The van der Waals surface area contributed by atoms with E-state index in [1.165, 1.54) is 0 Å². The van der Waals surface area contributed by atoms with Gasteiger partial charge in [0, 0.05) is 18.9 Å². The molecule has 5 nitrogen and oxygen atoms in total. The van der Waals surface area contributed by atoms with Crippen LogP contribution >= 0.6 is 0 Å². The number of hydrogen-bond acceptors (Lipinski definition) is 3. The molecule has 1 aromatic heterocycles. The van der Waals surface area contributed by atoms with Crippen molar-refractivity contribution in [3.8, 4) is 5.75 Å². The fourth-order valence-electron chi connectivity index (χ4n) is 2.68. The lowest BCUT2D eigenvalue weighted by atomic mass is 10.1. The summed E-state index contributed by atoms with van der Waals surface area (Å²) in [5, 5.41) is 7.23. The van der Waals surface area contributed by atoms with Crippen molar-refractivity contribution in [3.05, 3.63) is 83.7 Å². The van der Waals surface area contributed by atoms with E-state index in [1.807, 2.05) is 59.4 Å². The van der Waals surface area contributed by atoms with Crippen molar-refractivity contribution in [1.82, 2.24) is 15.1 Å². The van der Waals surface area contributed by atoms with Gasteiger partial charge in [0.1, 0.15) is 5.75 Å². The van der Waals surface area contributed by atoms with Crippen LogP contribution in [0.15, 0.2) is 67.0 Å². The summed E-state index contributed by atoms with van der Waals surface area (Å²) in [5.74, 6) is 0.747. The summed E-state index contributed by atoms with van der Waals surface area (Å²) in [5.41, 5.74) is 3.17. The summed E-state index contributed by atoms with van der Waals surface area (Å²) in [6.45, 7) is 1.19. The Morgan fingerprint density at radius 3 is 2.72 bits per heavy atom. The smallest absolute Gasteiger partial charge is 0.224 e. The molecule has 0 aliphatic carbocycles. The lowest BCUT2D eigenvalue weighted by molar-refractivity contribution is -0.120. The third-order valence-corrected chi connectivity index (χ3v) is 3.98. The van der Waals surface area contributed by atoms with Gasteiger partial charge in [-0.2, -0.15) is 5.10 Å². The first-order valence-corrected chi connectivity index (χ1v) is 8.18. The molecule has 3 rings (SSSR count). The molecule has 1 heterocycles. The van der Waals surface area contributed by atoms with Crippen LogP contribution in [0, 0.1) is 0 Å². The standard InChI is InChI=1S/C20H21N3O2/c1-25-19-9-4-6-16(12-19)13-20(24)21-14-17-7-2-3-8-18(17)15-23-11-5-10-22-23/h2-12H,13-15H2,1H3,(H,21,24).